The second kappa shape index (κ2) is 5.58. The van der Waals surface area contributed by atoms with Crippen molar-refractivity contribution in [2.45, 2.75) is 25.9 Å². The van der Waals surface area contributed by atoms with E-state index < -0.39 is 11.0 Å². The van der Waals surface area contributed by atoms with Gasteiger partial charge >= 0.3 is 0 Å². The van der Waals surface area contributed by atoms with Gasteiger partial charge in [0.05, 0.1) is 11.0 Å². The number of aryl methyl sites for hydroxylation is 1. The number of rotatable bonds is 5. The molecular weight excluding hydrogens is 260 g/mol. The van der Waals surface area contributed by atoms with Crippen LogP contribution in [0.4, 0.5) is 5.69 Å². The number of likely N-dealkylation sites (N-methyl/N-ethyl adjacent to an activating group) is 1. The lowest BCUT2D eigenvalue weighted by atomic mass is 10.1. The van der Waals surface area contributed by atoms with Crippen molar-refractivity contribution in [3.8, 4) is 0 Å². The van der Waals surface area contributed by atoms with Crippen LogP contribution >= 0.6 is 0 Å². The molecule has 0 aliphatic heterocycles. The zero-order valence-electron chi connectivity index (χ0n) is 11.6. The molecule has 0 aromatic heterocycles. The van der Waals surface area contributed by atoms with Gasteiger partial charge in [-0.15, -0.1) is 0 Å². The molecule has 6 heteroatoms. The van der Waals surface area contributed by atoms with Crippen LogP contribution in [0, 0.1) is 23.0 Å². The first-order valence-electron chi connectivity index (χ1n) is 6.58. The highest BCUT2D eigenvalue weighted by molar-refractivity contribution is 5.94. The minimum absolute atomic E-state index is 0.0630. The van der Waals surface area contributed by atoms with E-state index in [9.17, 15) is 20.0 Å². The van der Waals surface area contributed by atoms with Gasteiger partial charge in [-0.1, -0.05) is 6.07 Å². The fourth-order valence-electron chi connectivity index (χ4n) is 2.15. The van der Waals surface area contributed by atoms with Gasteiger partial charge in [-0.3, -0.25) is 14.9 Å². The number of amides is 1. The molecule has 1 saturated carbocycles. The predicted molar refractivity (Wildman–Crippen MR) is 73.5 cm³/mol. The maximum absolute atomic E-state index is 12.2. The zero-order chi connectivity index (χ0) is 14.9. The number of hydrogen-bond acceptors (Lipinski definition) is 4. The van der Waals surface area contributed by atoms with E-state index in [1.807, 2.05) is 0 Å². The number of nitrogens with zero attached hydrogens (tertiary/aromatic N) is 2. The van der Waals surface area contributed by atoms with Gasteiger partial charge in [0.2, 0.25) is 0 Å². The molecule has 1 aromatic rings. The zero-order valence-corrected chi connectivity index (χ0v) is 11.6. The summed E-state index contributed by atoms with van der Waals surface area (Å²) in [5, 5.41) is 20.7. The third-order valence-electron chi connectivity index (χ3n) is 3.63. The van der Waals surface area contributed by atoms with Crippen LogP contribution < -0.4 is 0 Å². The molecule has 6 nitrogen and oxygen atoms in total. The van der Waals surface area contributed by atoms with Gasteiger partial charge in [0.25, 0.3) is 11.6 Å². The Balaban J connectivity index is 2.11. The summed E-state index contributed by atoms with van der Waals surface area (Å²) in [7, 11) is 1.60. The molecular formula is C14H18N2O4. The Bertz CT molecular complexity index is 540. The smallest absolute Gasteiger partial charge is 0.273 e. The van der Waals surface area contributed by atoms with Gasteiger partial charge in [-0.05, 0) is 31.7 Å². The quantitative estimate of drug-likeness (QED) is 0.657. The van der Waals surface area contributed by atoms with Crippen LogP contribution in [-0.2, 0) is 0 Å². The molecule has 1 amide bonds. The van der Waals surface area contributed by atoms with Crippen LogP contribution in [0.1, 0.15) is 28.8 Å². The van der Waals surface area contributed by atoms with E-state index in [0.717, 1.165) is 12.8 Å². The molecule has 0 heterocycles. The molecule has 108 valence electrons. The Morgan fingerprint density at radius 3 is 2.75 bits per heavy atom. The van der Waals surface area contributed by atoms with Gasteiger partial charge in [-0.2, -0.15) is 0 Å². The summed E-state index contributed by atoms with van der Waals surface area (Å²) >= 11 is 0. The van der Waals surface area contributed by atoms with E-state index in [-0.39, 0.29) is 29.6 Å². The number of aliphatic hydroxyl groups excluding tert-OH is 1. The van der Waals surface area contributed by atoms with Crippen LogP contribution in [0.15, 0.2) is 18.2 Å². The van der Waals surface area contributed by atoms with Crippen LogP contribution in [-0.4, -0.2) is 40.5 Å². The summed E-state index contributed by atoms with van der Waals surface area (Å²) in [5.74, 6) is -0.0228. The first kappa shape index (κ1) is 14.5. The Labute approximate surface area is 117 Å². The van der Waals surface area contributed by atoms with E-state index in [1.165, 1.54) is 11.0 Å². The lowest BCUT2D eigenvalue weighted by Crippen LogP contribution is -2.35. The van der Waals surface area contributed by atoms with Gasteiger partial charge in [0.1, 0.15) is 0 Å². The molecule has 0 bridgehead atoms. The van der Waals surface area contributed by atoms with Crippen molar-refractivity contribution in [1.82, 2.24) is 4.90 Å². The molecule has 0 saturated heterocycles. The first-order valence-corrected chi connectivity index (χ1v) is 6.58. The normalized spacial score (nSPS) is 15.8. The van der Waals surface area contributed by atoms with E-state index in [2.05, 4.69) is 0 Å². The van der Waals surface area contributed by atoms with Crippen molar-refractivity contribution in [3.63, 3.8) is 0 Å². The van der Waals surface area contributed by atoms with Gasteiger partial charge in [0, 0.05) is 30.8 Å². The molecule has 1 N–H and O–H groups in total. The number of benzene rings is 1. The minimum atomic E-state index is -0.510. The standard InChI is InChI=1S/C14H18N2O4/c1-9-3-4-11(7-12(9)16(19)20)14(18)15(2)8-13(17)10-5-6-10/h3-4,7,10,13,17H,5-6,8H2,1-2H3. The van der Waals surface area contributed by atoms with Crippen LogP contribution in [0.2, 0.25) is 0 Å². The monoisotopic (exact) mass is 278 g/mol. The van der Waals surface area contributed by atoms with Crippen molar-refractivity contribution in [1.29, 1.82) is 0 Å². The summed E-state index contributed by atoms with van der Waals surface area (Å²) < 4.78 is 0. The van der Waals surface area contributed by atoms with E-state index in [1.54, 1.807) is 26.1 Å². The largest absolute Gasteiger partial charge is 0.391 e. The fourth-order valence-corrected chi connectivity index (χ4v) is 2.15. The Morgan fingerprint density at radius 2 is 2.20 bits per heavy atom. The first-order chi connectivity index (χ1) is 9.40. The van der Waals surface area contributed by atoms with Crippen molar-refractivity contribution in [2.24, 2.45) is 5.92 Å². The molecule has 1 aromatic carbocycles. The Kier molecular flexibility index (Phi) is 4.04. The average Bonchev–Trinajstić information content (AvgIpc) is 3.22. The van der Waals surface area contributed by atoms with Gasteiger partial charge < -0.3 is 10.0 Å². The number of nitro groups is 1. The molecule has 0 spiro atoms. The van der Waals surface area contributed by atoms with Crippen molar-refractivity contribution >= 4 is 11.6 Å². The molecule has 1 atom stereocenters. The maximum atomic E-state index is 12.2. The number of carbonyl (C=O) groups is 1. The van der Waals surface area contributed by atoms with E-state index in [0.29, 0.717) is 5.56 Å². The molecule has 2 rings (SSSR count). The van der Waals surface area contributed by atoms with Crippen molar-refractivity contribution < 1.29 is 14.8 Å². The van der Waals surface area contributed by atoms with Gasteiger partial charge in [-0.25, -0.2) is 0 Å². The topological polar surface area (TPSA) is 83.7 Å². The summed E-state index contributed by atoms with van der Waals surface area (Å²) in [4.78, 5) is 24.0. The van der Waals surface area contributed by atoms with Crippen LogP contribution in [0.25, 0.3) is 0 Å². The van der Waals surface area contributed by atoms with Crippen molar-refractivity contribution in [2.75, 3.05) is 13.6 Å². The predicted octanol–water partition coefficient (Wildman–Crippen LogP) is 1.75. The summed E-state index contributed by atoms with van der Waals surface area (Å²) in [6.07, 6.45) is 1.49. The lowest BCUT2D eigenvalue weighted by molar-refractivity contribution is -0.385. The summed E-state index contributed by atoms with van der Waals surface area (Å²) in [5.41, 5.74) is 0.729. The fraction of sp³-hybridized carbons (Fsp3) is 0.500. The summed E-state index contributed by atoms with van der Waals surface area (Å²) in [6.45, 7) is 1.89. The number of aliphatic hydroxyl groups is 1. The Morgan fingerprint density at radius 1 is 1.55 bits per heavy atom. The number of hydrogen-bond donors (Lipinski definition) is 1. The van der Waals surface area contributed by atoms with Gasteiger partial charge in [0.15, 0.2) is 0 Å². The van der Waals surface area contributed by atoms with E-state index in [4.69, 9.17) is 0 Å². The van der Waals surface area contributed by atoms with Crippen molar-refractivity contribution in [3.05, 3.63) is 39.4 Å². The number of carbonyl (C=O) groups excluding carboxylic acids is 1. The highest BCUT2D eigenvalue weighted by Crippen LogP contribution is 2.32. The molecule has 1 fully saturated rings. The SMILES string of the molecule is Cc1ccc(C(=O)N(C)CC(O)C2CC2)cc1[N+](=O)[O-]. The Hall–Kier alpha value is -1.95. The highest BCUT2D eigenvalue weighted by Gasteiger charge is 2.31. The highest BCUT2D eigenvalue weighted by atomic mass is 16.6. The lowest BCUT2D eigenvalue weighted by Gasteiger charge is -2.20. The molecule has 0 radical (unpaired) electrons. The van der Waals surface area contributed by atoms with Crippen LogP contribution in [0.3, 0.4) is 0 Å². The molecule has 20 heavy (non-hydrogen) atoms. The average molecular weight is 278 g/mol. The van der Waals surface area contributed by atoms with E-state index >= 15 is 0 Å². The molecule has 1 unspecified atom stereocenters. The second-order valence-corrected chi connectivity index (χ2v) is 5.35. The van der Waals surface area contributed by atoms with Crippen LogP contribution in [0.5, 0.6) is 0 Å². The second-order valence-electron chi connectivity index (χ2n) is 5.35. The minimum Gasteiger partial charge on any atom is -0.391 e. The third-order valence-corrected chi connectivity index (χ3v) is 3.63. The summed E-state index contributed by atoms with van der Waals surface area (Å²) in [6, 6.07) is 4.43. The molecule has 1 aliphatic rings. The molecule has 1 aliphatic carbocycles. The maximum Gasteiger partial charge on any atom is 0.273 e. The third kappa shape index (κ3) is 3.14. The number of nitro benzene ring substituents is 1.